The van der Waals surface area contributed by atoms with E-state index in [2.05, 4.69) is 191 Å². The van der Waals surface area contributed by atoms with Gasteiger partial charge in [-0.1, -0.05) is 262 Å². The fourth-order valence-corrected chi connectivity index (χ4v) is 8.28. The monoisotopic (exact) mass is 1110 g/mol. The number of carbonyl (C=O) groups excluding carboxylic acids is 3. The van der Waals surface area contributed by atoms with Crippen molar-refractivity contribution in [3.05, 3.63) is 170 Å². The molecular weight excluding hydrogens is 997 g/mol. The molecule has 0 aromatic heterocycles. The summed E-state index contributed by atoms with van der Waals surface area (Å²) in [6.45, 7) is 6.40. The number of unbranched alkanes of at least 4 members (excludes halogenated alkanes) is 18. The van der Waals surface area contributed by atoms with Crippen LogP contribution in [0.1, 0.15) is 265 Å². The highest BCUT2D eigenvalue weighted by molar-refractivity contribution is 5.71. The van der Waals surface area contributed by atoms with Gasteiger partial charge in [0.2, 0.25) is 0 Å². The fourth-order valence-electron chi connectivity index (χ4n) is 8.28. The molecule has 6 heteroatoms. The van der Waals surface area contributed by atoms with Crippen LogP contribution in [-0.2, 0) is 28.6 Å². The Balaban J connectivity index is 4.40. The highest BCUT2D eigenvalue weighted by Crippen LogP contribution is 2.13. The molecule has 0 rings (SSSR count). The third-order valence-corrected chi connectivity index (χ3v) is 13.2. The Morgan fingerprint density at radius 1 is 0.259 bits per heavy atom. The van der Waals surface area contributed by atoms with Gasteiger partial charge in [-0.2, -0.15) is 0 Å². The summed E-state index contributed by atoms with van der Waals surface area (Å²) in [6.07, 6.45) is 99.4. The molecule has 0 saturated heterocycles. The van der Waals surface area contributed by atoms with E-state index in [-0.39, 0.29) is 31.1 Å². The standard InChI is InChI=1S/C75H118O6/c1-4-7-10-13-16-19-22-24-26-28-30-31-32-33-34-35-36-37-38-39-40-41-42-43-45-46-48-50-53-56-59-62-65-68-74(77)80-71-72(70-79-73(76)67-64-61-58-55-52-21-18-15-12-9-6-3)81-75(78)69-66-63-60-57-54-51-49-47-44-29-27-25-23-20-17-14-11-8-5-2/h7,10,15-20,24-27,30-31,33-34,36-37,39-40,42-44,46-48,53,56,72H,4-6,8-9,11-14,21-23,28-29,32,35,38,41,45,49-52,54-55,57-71H2,1-3H3/b10-7-,18-15-,19-16-,20-17-,26-24-,27-25-,31-30-,34-33-,37-36-,40-39-,43-42-,47-44-,48-46-,56-53-. The van der Waals surface area contributed by atoms with Gasteiger partial charge < -0.3 is 14.2 Å². The van der Waals surface area contributed by atoms with E-state index in [1.807, 2.05) is 0 Å². The number of rotatable bonds is 57. The van der Waals surface area contributed by atoms with E-state index in [0.717, 1.165) is 154 Å². The molecule has 0 bridgehead atoms. The van der Waals surface area contributed by atoms with Gasteiger partial charge in [0.1, 0.15) is 13.2 Å². The zero-order chi connectivity index (χ0) is 58.5. The van der Waals surface area contributed by atoms with E-state index in [0.29, 0.717) is 25.7 Å². The summed E-state index contributed by atoms with van der Waals surface area (Å²) >= 11 is 0. The van der Waals surface area contributed by atoms with Crippen molar-refractivity contribution in [2.24, 2.45) is 0 Å². The minimum atomic E-state index is -0.815. The van der Waals surface area contributed by atoms with Crippen LogP contribution in [-0.4, -0.2) is 37.2 Å². The van der Waals surface area contributed by atoms with Gasteiger partial charge >= 0.3 is 17.9 Å². The van der Waals surface area contributed by atoms with Gasteiger partial charge in [-0.05, 0) is 154 Å². The van der Waals surface area contributed by atoms with Crippen LogP contribution in [0.2, 0.25) is 0 Å². The predicted octanol–water partition coefficient (Wildman–Crippen LogP) is 22.7. The van der Waals surface area contributed by atoms with Gasteiger partial charge in [-0.15, -0.1) is 0 Å². The average Bonchev–Trinajstić information content (AvgIpc) is 3.47. The molecule has 0 saturated carbocycles. The normalized spacial score (nSPS) is 13.3. The van der Waals surface area contributed by atoms with Gasteiger partial charge in [-0.3, -0.25) is 14.4 Å². The Morgan fingerprint density at radius 3 is 0.827 bits per heavy atom. The maximum Gasteiger partial charge on any atom is 0.306 e. The molecule has 6 nitrogen and oxygen atoms in total. The minimum absolute atomic E-state index is 0.108. The lowest BCUT2D eigenvalue weighted by Crippen LogP contribution is -2.30. The molecule has 1 unspecified atom stereocenters. The van der Waals surface area contributed by atoms with Crippen molar-refractivity contribution >= 4 is 17.9 Å². The lowest BCUT2D eigenvalue weighted by atomic mass is 10.1. The maximum atomic E-state index is 12.9. The first-order valence-corrected chi connectivity index (χ1v) is 32.6. The highest BCUT2D eigenvalue weighted by Gasteiger charge is 2.19. The molecule has 0 aliphatic heterocycles. The molecule has 0 amide bonds. The molecule has 454 valence electrons. The average molecular weight is 1120 g/mol. The third kappa shape index (κ3) is 65.5. The maximum absolute atomic E-state index is 12.9. The molecule has 0 N–H and O–H groups in total. The van der Waals surface area contributed by atoms with Crippen LogP contribution in [0.3, 0.4) is 0 Å². The molecule has 0 aliphatic rings. The summed E-state index contributed by atoms with van der Waals surface area (Å²) in [4.78, 5) is 38.2. The molecule has 0 heterocycles. The van der Waals surface area contributed by atoms with Crippen molar-refractivity contribution in [2.75, 3.05) is 13.2 Å². The Labute approximate surface area is 498 Å². The van der Waals surface area contributed by atoms with E-state index < -0.39 is 6.10 Å². The smallest absolute Gasteiger partial charge is 0.306 e. The summed E-state index contributed by atoms with van der Waals surface area (Å²) in [5, 5.41) is 0. The summed E-state index contributed by atoms with van der Waals surface area (Å²) in [5.41, 5.74) is 0. The van der Waals surface area contributed by atoms with Crippen molar-refractivity contribution in [3.8, 4) is 0 Å². The van der Waals surface area contributed by atoms with Crippen LogP contribution in [0.15, 0.2) is 170 Å². The van der Waals surface area contributed by atoms with E-state index >= 15 is 0 Å². The summed E-state index contributed by atoms with van der Waals surface area (Å²) in [7, 11) is 0. The van der Waals surface area contributed by atoms with Crippen LogP contribution in [0.25, 0.3) is 0 Å². The molecule has 0 fully saturated rings. The Morgan fingerprint density at radius 2 is 0.494 bits per heavy atom. The lowest BCUT2D eigenvalue weighted by molar-refractivity contribution is -0.167. The number of allylic oxidation sites excluding steroid dienone is 28. The number of esters is 3. The molecule has 0 aromatic rings. The first-order valence-electron chi connectivity index (χ1n) is 32.6. The highest BCUT2D eigenvalue weighted by atomic mass is 16.6. The van der Waals surface area contributed by atoms with Gasteiger partial charge in [0, 0.05) is 19.3 Å². The van der Waals surface area contributed by atoms with Crippen LogP contribution in [0.5, 0.6) is 0 Å². The number of hydrogen-bond acceptors (Lipinski definition) is 6. The number of ether oxygens (including phenoxy) is 3. The van der Waals surface area contributed by atoms with Gasteiger partial charge in [0.25, 0.3) is 0 Å². The SMILES string of the molecule is CC/C=C\C/C=C\C/C=C\C/C=C\C/C=C\C/C=C\C/C=C\C/C=C\C/C=C\C/C=C\CCCCC(=O)OCC(COC(=O)CCCCCCC/C=C\CCCC)OC(=O)CCCCCCCC/C=C\C/C=C\C/C=C\CCCCC. The first-order chi connectivity index (χ1) is 40.0. The first kappa shape index (κ1) is 75.8. The quantitative estimate of drug-likeness (QED) is 0.0261. The predicted molar refractivity (Wildman–Crippen MR) is 352 cm³/mol. The largest absolute Gasteiger partial charge is 0.462 e. The van der Waals surface area contributed by atoms with E-state index in [4.69, 9.17) is 14.2 Å². The molecule has 81 heavy (non-hydrogen) atoms. The fraction of sp³-hybridized carbons (Fsp3) is 0.587. The Hall–Kier alpha value is -5.23. The zero-order valence-electron chi connectivity index (χ0n) is 52.0. The van der Waals surface area contributed by atoms with Gasteiger partial charge in [0.15, 0.2) is 6.10 Å². The van der Waals surface area contributed by atoms with E-state index in [9.17, 15) is 14.4 Å². The second-order valence-corrected chi connectivity index (χ2v) is 20.9. The second-order valence-electron chi connectivity index (χ2n) is 20.9. The van der Waals surface area contributed by atoms with Crippen LogP contribution < -0.4 is 0 Å². The van der Waals surface area contributed by atoms with Crippen molar-refractivity contribution in [1.29, 1.82) is 0 Å². The minimum Gasteiger partial charge on any atom is -0.462 e. The molecule has 0 spiro atoms. The van der Waals surface area contributed by atoms with Gasteiger partial charge in [-0.25, -0.2) is 0 Å². The topological polar surface area (TPSA) is 78.9 Å². The Kier molecular flexibility index (Phi) is 62.9. The van der Waals surface area contributed by atoms with Gasteiger partial charge in [0.05, 0.1) is 0 Å². The molecule has 0 radical (unpaired) electrons. The van der Waals surface area contributed by atoms with Crippen LogP contribution in [0, 0.1) is 0 Å². The van der Waals surface area contributed by atoms with Crippen molar-refractivity contribution in [2.45, 2.75) is 271 Å². The van der Waals surface area contributed by atoms with Crippen LogP contribution >= 0.6 is 0 Å². The summed E-state index contributed by atoms with van der Waals surface area (Å²) in [5.74, 6) is -0.982. The third-order valence-electron chi connectivity index (χ3n) is 13.2. The number of hydrogen-bond donors (Lipinski definition) is 0. The molecule has 0 aromatic carbocycles. The lowest BCUT2D eigenvalue weighted by Gasteiger charge is -2.18. The summed E-state index contributed by atoms with van der Waals surface area (Å²) in [6, 6.07) is 0. The van der Waals surface area contributed by atoms with Crippen molar-refractivity contribution < 1.29 is 28.6 Å². The zero-order valence-corrected chi connectivity index (χ0v) is 52.0. The molecule has 1 atom stereocenters. The number of carbonyl (C=O) groups is 3. The summed E-state index contributed by atoms with van der Waals surface area (Å²) < 4.78 is 16.8. The Bertz CT molecular complexity index is 1860. The molecule has 0 aliphatic carbocycles. The van der Waals surface area contributed by atoms with Crippen LogP contribution in [0.4, 0.5) is 0 Å². The second kappa shape index (κ2) is 67.3. The van der Waals surface area contributed by atoms with E-state index in [1.165, 1.54) is 64.2 Å². The van der Waals surface area contributed by atoms with Crippen molar-refractivity contribution in [3.63, 3.8) is 0 Å². The van der Waals surface area contributed by atoms with Crippen molar-refractivity contribution in [1.82, 2.24) is 0 Å². The molecular formula is C75H118O6. The van der Waals surface area contributed by atoms with E-state index in [1.54, 1.807) is 0 Å².